The summed E-state index contributed by atoms with van der Waals surface area (Å²) in [5.41, 5.74) is 6.71. The van der Waals surface area contributed by atoms with Gasteiger partial charge in [0.1, 0.15) is 0 Å². The first-order valence-corrected chi connectivity index (χ1v) is 4.98. The van der Waals surface area contributed by atoms with E-state index in [1.54, 1.807) is 0 Å². The summed E-state index contributed by atoms with van der Waals surface area (Å²) >= 11 is 0. The summed E-state index contributed by atoms with van der Waals surface area (Å²) in [5, 5.41) is 14.6. The summed E-state index contributed by atoms with van der Waals surface area (Å²) in [6.45, 7) is 2.67. The zero-order valence-electron chi connectivity index (χ0n) is 8.85. The Labute approximate surface area is 89.8 Å². The van der Waals surface area contributed by atoms with Gasteiger partial charge in [-0.1, -0.05) is 35.5 Å². The van der Waals surface area contributed by atoms with E-state index in [0.29, 0.717) is 0 Å². The molecule has 0 heterocycles. The van der Waals surface area contributed by atoms with Crippen LogP contribution in [0.2, 0.25) is 0 Å². The van der Waals surface area contributed by atoms with E-state index in [9.17, 15) is 0 Å². The first-order chi connectivity index (χ1) is 7.24. The van der Waals surface area contributed by atoms with E-state index >= 15 is 0 Å². The van der Waals surface area contributed by atoms with Gasteiger partial charge in [0.05, 0.1) is 6.04 Å². The molecule has 0 aliphatic carbocycles. The fourth-order valence-corrected chi connectivity index (χ4v) is 1.27. The third-order valence-electron chi connectivity index (χ3n) is 2.27. The molecule has 1 aromatic rings. The number of rotatable bonds is 5. The lowest BCUT2D eigenvalue weighted by Gasteiger charge is -2.11. The average molecular weight is 207 g/mol. The minimum atomic E-state index is -0.0984. The predicted octanol–water partition coefficient (Wildman–Crippen LogP) is 0.954. The second-order valence-electron chi connectivity index (χ2n) is 3.44. The van der Waals surface area contributed by atoms with E-state index in [-0.39, 0.29) is 11.9 Å². The number of hydrogen-bond acceptors (Lipinski definition) is 3. The summed E-state index contributed by atoms with van der Waals surface area (Å²) in [6.07, 6.45) is 0.934. The van der Waals surface area contributed by atoms with Crippen molar-refractivity contribution in [2.45, 2.75) is 19.4 Å². The molecule has 0 fully saturated rings. The minimum absolute atomic E-state index is 0.0984. The lowest BCUT2D eigenvalue weighted by molar-refractivity contribution is 0.315. The molecule has 0 bridgehead atoms. The molecule has 0 amide bonds. The van der Waals surface area contributed by atoms with E-state index in [2.05, 4.69) is 22.6 Å². The zero-order valence-corrected chi connectivity index (χ0v) is 8.85. The summed E-state index contributed by atoms with van der Waals surface area (Å²) < 4.78 is 0. The van der Waals surface area contributed by atoms with Crippen molar-refractivity contribution in [3.8, 4) is 0 Å². The monoisotopic (exact) mass is 207 g/mol. The van der Waals surface area contributed by atoms with Crippen LogP contribution < -0.4 is 11.1 Å². The first-order valence-electron chi connectivity index (χ1n) is 4.98. The summed E-state index contributed by atoms with van der Waals surface area (Å²) in [6, 6.07) is 10.1. The summed E-state index contributed by atoms with van der Waals surface area (Å²) in [5.74, 6) is 0.211. The van der Waals surface area contributed by atoms with Crippen LogP contribution in [-0.4, -0.2) is 23.6 Å². The molecule has 4 N–H and O–H groups in total. The van der Waals surface area contributed by atoms with Gasteiger partial charge in [0, 0.05) is 0 Å². The molecular formula is C11H17N3O. The Hall–Kier alpha value is -1.55. The molecule has 0 aliphatic rings. The topological polar surface area (TPSA) is 70.6 Å². The highest BCUT2D eigenvalue weighted by molar-refractivity contribution is 5.84. The van der Waals surface area contributed by atoms with Gasteiger partial charge < -0.3 is 16.3 Å². The number of nitrogens with one attached hydrogen (secondary N) is 1. The smallest absolute Gasteiger partial charge is 0.156 e. The molecule has 1 atom stereocenters. The van der Waals surface area contributed by atoms with Crippen molar-refractivity contribution in [1.29, 1.82) is 0 Å². The van der Waals surface area contributed by atoms with Gasteiger partial charge in [-0.15, -0.1) is 0 Å². The third kappa shape index (κ3) is 3.99. The maximum absolute atomic E-state index is 8.44. The van der Waals surface area contributed by atoms with E-state index in [4.69, 9.17) is 10.9 Å². The molecular weight excluding hydrogens is 190 g/mol. The number of nitrogens with two attached hydrogens (primary N) is 1. The largest absolute Gasteiger partial charge is 0.409 e. The van der Waals surface area contributed by atoms with Crippen LogP contribution in [-0.2, 0) is 6.42 Å². The molecule has 0 radical (unpaired) electrons. The first kappa shape index (κ1) is 11.5. The van der Waals surface area contributed by atoms with Gasteiger partial charge in [-0.25, -0.2) is 0 Å². The quantitative estimate of drug-likeness (QED) is 0.291. The Kier molecular flexibility index (Phi) is 4.63. The Balaban J connectivity index is 2.28. The minimum Gasteiger partial charge on any atom is -0.409 e. The number of hydrogen-bond donors (Lipinski definition) is 3. The lowest BCUT2D eigenvalue weighted by atomic mass is 10.1. The van der Waals surface area contributed by atoms with Gasteiger partial charge in [-0.2, -0.15) is 0 Å². The normalized spacial score (nSPS) is 13.8. The van der Waals surface area contributed by atoms with Crippen LogP contribution in [0, 0.1) is 0 Å². The SMILES string of the molecule is CC(NCCc1ccccc1)C(N)=NO. The molecule has 82 valence electrons. The van der Waals surface area contributed by atoms with Crippen molar-refractivity contribution in [2.75, 3.05) is 6.54 Å². The number of amidine groups is 1. The molecule has 1 aromatic carbocycles. The predicted molar refractivity (Wildman–Crippen MR) is 61.0 cm³/mol. The molecule has 0 aliphatic heterocycles. The van der Waals surface area contributed by atoms with Crippen LogP contribution >= 0.6 is 0 Å². The summed E-state index contributed by atoms with van der Waals surface area (Å²) in [7, 11) is 0. The Morgan fingerprint density at radius 3 is 2.73 bits per heavy atom. The van der Waals surface area contributed by atoms with Gasteiger partial charge >= 0.3 is 0 Å². The molecule has 1 rings (SSSR count). The molecule has 4 nitrogen and oxygen atoms in total. The number of nitrogens with zero attached hydrogens (tertiary/aromatic N) is 1. The van der Waals surface area contributed by atoms with Gasteiger partial charge in [-0.05, 0) is 25.5 Å². The van der Waals surface area contributed by atoms with Gasteiger partial charge in [0.15, 0.2) is 5.84 Å². The van der Waals surface area contributed by atoms with Crippen LogP contribution in [0.5, 0.6) is 0 Å². The third-order valence-corrected chi connectivity index (χ3v) is 2.27. The van der Waals surface area contributed by atoms with E-state index in [1.807, 2.05) is 25.1 Å². The number of oxime groups is 1. The maximum Gasteiger partial charge on any atom is 0.156 e. The highest BCUT2D eigenvalue weighted by atomic mass is 16.4. The fraction of sp³-hybridized carbons (Fsp3) is 0.364. The van der Waals surface area contributed by atoms with Gasteiger partial charge in [0.25, 0.3) is 0 Å². The zero-order chi connectivity index (χ0) is 11.1. The molecule has 1 unspecified atom stereocenters. The van der Waals surface area contributed by atoms with Crippen LogP contribution in [0.25, 0.3) is 0 Å². The standard InChI is InChI=1S/C11H17N3O/c1-9(11(12)14-15)13-8-7-10-5-3-2-4-6-10/h2-6,9,13,15H,7-8H2,1H3,(H2,12,14). The second kappa shape index (κ2) is 6.03. The van der Waals surface area contributed by atoms with Crippen molar-refractivity contribution < 1.29 is 5.21 Å². The molecule has 4 heteroatoms. The second-order valence-corrected chi connectivity index (χ2v) is 3.44. The molecule has 15 heavy (non-hydrogen) atoms. The summed E-state index contributed by atoms with van der Waals surface area (Å²) in [4.78, 5) is 0. The van der Waals surface area contributed by atoms with Crippen LogP contribution in [0.3, 0.4) is 0 Å². The van der Waals surface area contributed by atoms with Crippen molar-refractivity contribution in [2.24, 2.45) is 10.9 Å². The Bertz CT molecular complexity index is 311. The number of benzene rings is 1. The van der Waals surface area contributed by atoms with Gasteiger partial charge in [0.2, 0.25) is 0 Å². The van der Waals surface area contributed by atoms with E-state index < -0.39 is 0 Å². The maximum atomic E-state index is 8.44. The average Bonchev–Trinajstić information content (AvgIpc) is 2.29. The molecule has 0 saturated heterocycles. The molecule has 0 spiro atoms. The Morgan fingerprint density at radius 2 is 2.13 bits per heavy atom. The van der Waals surface area contributed by atoms with Crippen molar-refractivity contribution in [1.82, 2.24) is 5.32 Å². The fourth-order valence-electron chi connectivity index (χ4n) is 1.27. The van der Waals surface area contributed by atoms with Crippen molar-refractivity contribution >= 4 is 5.84 Å². The van der Waals surface area contributed by atoms with E-state index in [0.717, 1.165) is 13.0 Å². The lowest BCUT2D eigenvalue weighted by Crippen LogP contribution is -2.39. The molecule has 0 aromatic heterocycles. The Morgan fingerprint density at radius 1 is 1.47 bits per heavy atom. The van der Waals surface area contributed by atoms with Crippen LogP contribution in [0.15, 0.2) is 35.5 Å². The van der Waals surface area contributed by atoms with Crippen molar-refractivity contribution in [3.63, 3.8) is 0 Å². The van der Waals surface area contributed by atoms with E-state index in [1.165, 1.54) is 5.56 Å². The van der Waals surface area contributed by atoms with Crippen LogP contribution in [0.1, 0.15) is 12.5 Å². The highest BCUT2D eigenvalue weighted by Crippen LogP contribution is 1.98. The molecule has 0 saturated carbocycles. The highest BCUT2D eigenvalue weighted by Gasteiger charge is 2.05. The van der Waals surface area contributed by atoms with Crippen molar-refractivity contribution in [3.05, 3.63) is 35.9 Å². The van der Waals surface area contributed by atoms with Gasteiger partial charge in [-0.3, -0.25) is 0 Å². The van der Waals surface area contributed by atoms with Crippen LogP contribution in [0.4, 0.5) is 0 Å².